The molecule has 0 atom stereocenters. The molecule has 0 amide bonds. The van der Waals surface area contributed by atoms with Gasteiger partial charge in [0.1, 0.15) is 5.82 Å². The normalized spacial score (nSPS) is 10.9. The van der Waals surface area contributed by atoms with E-state index in [2.05, 4.69) is 20.6 Å². The Bertz CT molecular complexity index is 753. The van der Waals surface area contributed by atoms with Crippen molar-refractivity contribution >= 4 is 11.5 Å². The molecule has 0 aliphatic rings. The molecule has 0 bridgehead atoms. The van der Waals surface area contributed by atoms with Gasteiger partial charge in [0.15, 0.2) is 11.5 Å². The summed E-state index contributed by atoms with van der Waals surface area (Å²) in [5.41, 5.74) is 2.11. The van der Waals surface area contributed by atoms with Gasteiger partial charge >= 0.3 is 0 Å². The van der Waals surface area contributed by atoms with E-state index in [9.17, 15) is 4.39 Å². The van der Waals surface area contributed by atoms with Crippen molar-refractivity contribution in [2.24, 2.45) is 0 Å². The van der Waals surface area contributed by atoms with E-state index in [0.717, 1.165) is 5.56 Å². The van der Waals surface area contributed by atoms with Crippen LogP contribution in [0.3, 0.4) is 0 Å². The van der Waals surface area contributed by atoms with Crippen LogP contribution in [0.4, 0.5) is 10.2 Å². The summed E-state index contributed by atoms with van der Waals surface area (Å²) in [6.45, 7) is 2.30. The van der Waals surface area contributed by atoms with E-state index in [4.69, 9.17) is 0 Å². The molecule has 0 radical (unpaired) electrons. The first kappa shape index (κ1) is 12.5. The van der Waals surface area contributed by atoms with Crippen LogP contribution in [0.25, 0.3) is 5.65 Å². The number of hydrogen-bond donors (Lipinski definition) is 0. The summed E-state index contributed by atoms with van der Waals surface area (Å²) in [7, 11) is 1.89. The van der Waals surface area contributed by atoms with E-state index in [1.807, 2.05) is 24.1 Å². The Morgan fingerprint density at radius 1 is 1.25 bits per heavy atom. The molecule has 6 nitrogen and oxygen atoms in total. The number of halogens is 1. The van der Waals surface area contributed by atoms with Gasteiger partial charge in [-0.1, -0.05) is 12.1 Å². The molecule has 102 valence electrons. The lowest BCUT2D eigenvalue weighted by Gasteiger charge is -2.17. The minimum absolute atomic E-state index is 0.195. The topological polar surface area (TPSA) is 59.2 Å². The zero-order valence-electron chi connectivity index (χ0n) is 11.2. The largest absolute Gasteiger partial charge is 0.354 e. The molecular formula is C13H13FN6. The number of rotatable bonds is 3. The second-order valence-electron chi connectivity index (χ2n) is 4.66. The Labute approximate surface area is 114 Å². The first-order valence-electron chi connectivity index (χ1n) is 6.15. The van der Waals surface area contributed by atoms with E-state index < -0.39 is 0 Å². The fourth-order valence-electron chi connectivity index (χ4n) is 1.93. The number of anilines is 1. The molecule has 0 aliphatic heterocycles. The van der Waals surface area contributed by atoms with Gasteiger partial charge in [0.25, 0.3) is 0 Å². The molecule has 2 heterocycles. The first-order chi connectivity index (χ1) is 9.63. The minimum atomic E-state index is -0.195. The fourth-order valence-corrected chi connectivity index (χ4v) is 1.93. The molecule has 0 unspecified atom stereocenters. The predicted octanol–water partition coefficient (Wildman–Crippen LogP) is 1.60. The highest BCUT2D eigenvalue weighted by molar-refractivity contribution is 5.44. The first-order valence-corrected chi connectivity index (χ1v) is 6.15. The Morgan fingerprint density at radius 3 is 2.90 bits per heavy atom. The van der Waals surface area contributed by atoms with Crippen molar-refractivity contribution in [2.75, 3.05) is 11.9 Å². The number of benzene rings is 1. The number of fused-ring (bicyclic) bond motifs is 1. The smallest absolute Gasteiger partial charge is 0.200 e. The van der Waals surface area contributed by atoms with Crippen LogP contribution in [0.2, 0.25) is 0 Å². The Morgan fingerprint density at radius 2 is 2.10 bits per heavy atom. The molecule has 0 aliphatic carbocycles. The number of tetrazole rings is 1. The second kappa shape index (κ2) is 4.84. The molecule has 2 aromatic heterocycles. The van der Waals surface area contributed by atoms with Gasteiger partial charge in [0.2, 0.25) is 0 Å². The number of aryl methyl sites for hydroxylation is 1. The van der Waals surface area contributed by atoms with Crippen LogP contribution in [0.15, 0.2) is 30.3 Å². The van der Waals surface area contributed by atoms with Crippen molar-refractivity contribution in [3.8, 4) is 0 Å². The van der Waals surface area contributed by atoms with Crippen LogP contribution >= 0.6 is 0 Å². The molecule has 3 aromatic rings. The van der Waals surface area contributed by atoms with Gasteiger partial charge in [-0.15, -0.1) is 14.8 Å². The predicted molar refractivity (Wildman–Crippen MR) is 71.8 cm³/mol. The van der Waals surface area contributed by atoms with E-state index in [-0.39, 0.29) is 5.82 Å². The third-order valence-corrected chi connectivity index (χ3v) is 3.10. The number of hydrogen-bond acceptors (Lipinski definition) is 5. The average Bonchev–Trinajstić information content (AvgIpc) is 2.90. The van der Waals surface area contributed by atoms with E-state index in [1.54, 1.807) is 25.1 Å². The molecule has 0 saturated carbocycles. The highest BCUT2D eigenvalue weighted by Gasteiger charge is 2.07. The van der Waals surface area contributed by atoms with Gasteiger partial charge in [-0.2, -0.15) is 0 Å². The monoisotopic (exact) mass is 272 g/mol. The summed E-state index contributed by atoms with van der Waals surface area (Å²) in [5.74, 6) is 0.519. The molecule has 0 fully saturated rings. The minimum Gasteiger partial charge on any atom is -0.354 e. The Kier molecular flexibility index (Phi) is 3.02. The molecule has 0 N–H and O–H groups in total. The van der Waals surface area contributed by atoms with Crippen LogP contribution in [0.5, 0.6) is 0 Å². The second-order valence-corrected chi connectivity index (χ2v) is 4.66. The molecule has 0 spiro atoms. The van der Waals surface area contributed by atoms with E-state index in [1.165, 1.54) is 4.63 Å². The highest BCUT2D eigenvalue weighted by atomic mass is 19.1. The molecule has 7 heteroatoms. The molecule has 20 heavy (non-hydrogen) atoms. The molecular weight excluding hydrogens is 259 g/mol. The van der Waals surface area contributed by atoms with Gasteiger partial charge in [-0.3, -0.25) is 0 Å². The van der Waals surface area contributed by atoms with Gasteiger partial charge in [-0.25, -0.2) is 4.39 Å². The van der Waals surface area contributed by atoms with Gasteiger partial charge in [-0.05, 0) is 46.7 Å². The number of nitrogens with zero attached hydrogens (tertiary/aromatic N) is 6. The van der Waals surface area contributed by atoms with Crippen molar-refractivity contribution in [3.63, 3.8) is 0 Å². The lowest BCUT2D eigenvalue weighted by atomic mass is 10.1. The summed E-state index contributed by atoms with van der Waals surface area (Å²) >= 11 is 0. The number of aromatic nitrogens is 5. The molecule has 0 saturated heterocycles. The van der Waals surface area contributed by atoms with Gasteiger partial charge < -0.3 is 4.90 Å². The Hall–Kier alpha value is -2.57. The van der Waals surface area contributed by atoms with Gasteiger partial charge in [0, 0.05) is 13.6 Å². The zero-order chi connectivity index (χ0) is 14.1. The summed E-state index contributed by atoms with van der Waals surface area (Å²) in [4.78, 5) is 1.91. The van der Waals surface area contributed by atoms with Crippen LogP contribution in [-0.2, 0) is 6.54 Å². The third kappa shape index (κ3) is 2.29. The third-order valence-electron chi connectivity index (χ3n) is 3.10. The maximum Gasteiger partial charge on any atom is 0.200 e. The van der Waals surface area contributed by atoms with Crippen molar-refractivity contribution in [3.05, 3.63) is 47.3 Å². The van der Waals surface area contributed by atoms with Crippen molar-refractivity contribution in [1.29, 1.82) is 0 Å². The van der Waals surface area contributed by atoms with Crippen molar-refractivity contribution in [2.45, 2.75) is 13.5 Å². The fraction of sp³-hybridized carbons (Fsp3) is 0.231. The van der Waals surface area contributed by atoms with Crippen LogP contribution in [0.1, 0.15) is 11.1 Å². The SMILES string of the molecule is Cc1ccc(CN(C)c2ccc3nnnn3n2)cc1F. The summed E-state index contributed by atoms with van der Waals surface area (Å²) in [6, 6.07) is 8.84. The maximum atomic E-state index is 13.5. The van der Waals surface area contributed by atoms with Gasteiger partial charge in [0.05, 0.1) is 0 Å². The van der Waals surface area contributed by atoms with Crippen molar-refractivity contribution in [1.82, 2.24) is 25.3 Å². The maximum absolute atomic E-state index is 13.5. The Balaban J connectivity index is 1.84. The lowest BCUT2D eigenvalue weighted by Crippen LogP contribution is -2.19. The quantitative estimate of drug-likeness (QED) is 0.725. The van der Waals surface area contributed by atoms with E-state index in [0.29, 0.717) is 23.6 Å². The summed E-state index contributed by atoms with van der Waals surface area (Å²) in [6.07, 6.45) is 0. The van der Waals surface area contributed by atoms with Crippen LogP contribution in [0, 0.1) is 12.7 Å². The highest BCUT2D eigenvalue weighted by Crippen LogP contribution is 2.15. The molecule has 1 aromatic carbocycles. The van der Waals surface area contributed by atoms with E-state index >= 15 is 0 Å². The lowest BCUT2D eigenvalue weighted by molar-refractivity contribution is 0.615. The summed E-state index contributed by atoms with van der Waals surface area (Å²) in [5, 5.41) is 15.4. The van der Waals surface area contributed by atoms with Crippen molar-refractivity contribution < 1.29 is 4.39 Å². The standard InChI is InChI=1S/C13H13FN6/c1-9-3-4-10(7-11(9)14)8-19(2)13-6-5-12-15-17-18-20(12)16-13/h3-7H,8H2,1-2H3. The average molecular weight is 272 g/mol. The molecule has 3 rings (SSSR count). The van der Waals surface area contributed by atoms with Crippen LogP contribution in [-0.4, -0.2) is 32.3 Å². The van der Waals surface area contributed by atoms with Crippen LogP contribution < -0.4 is 4.90 Å². The summed E-state index contributed by atoms with van der Waals surface area (Å²) < 4.78 is 14.9. The zero-order valence-corrected chi connectivity index (χ0v) is 11.2.